The van der Waals surface area contributed by atoms with Crippen LogP contribution in [0.15, 0.2) is 60.8 Å². The summed E-state index contributed by atoms with van der Waals surface area (Å²) in [7, 11) is 1.88. The molecule has 1 unspecified atom stereocenters. The third-order valence-corrected chi connectivity index (χ3v) is 6.36. The summed E-state index contributed by atoms with van der Waals surface area (Å²) in [6.07, 6.45) is 2.99. The molecule has 0 amide bonds. The predicted molar refractivity (Wildman–Crippen MR) is 133 cm³/mol. The lowest BCUT2D eigenvalue weighted by Gasteiger charge is -2.33. The van der Waals surface area contributed by atoms with E-state index in [-0.39, 0.29) is 0 Å². The molecule has 7 heteroatoms. The van der Waals surface area contributed by atoms with Crippen molar-refractivity contribution in [1.82, 2.24) is 10.3 Å². The van der Waals surface area contributed by atoms with Gasteiger partial charge in [0.1, 0.15) is 5.82 Å². The van der Waals surface area contributed by atoms with E-state index >= 15 is 0 Å². The Labute approximate surface area is 193 Å². The number of benzene rings is 2. The third-order valence-electron chi connectivity index (χ3n) is 6.03. The Hall–Kier alpha value is -3.06. The number of nitrogens with zero attached hydrogens (tertiary/aromatic N) is 3. The number of rotatable bonds is 4. The minimum absolute atomic E-state index is 0.616. The van der Waals surface area contributed by atoms with Gasteiger partial charge in [-0.2, -0.15) is 0 Å². The first-order valence-electron chi connectivity index (χ1n) is 10.8. The van der Waals surface area contributed by atoms with Gasteiger partial charge >= 0.3 is 0 Å². The number of hydrogen-bond donors (Lipinski definition) is 3. The van der Waals surface area contributed by atoms with E-state index in [1.54, 1.807) is 0 Å². The van der Waals surface area contributed by atoms with Gasteiger partial charge in [-0.05, 0) is 30.3 Å². The molecule has 1 saturated heterocycles. The summed E-state index contributed by atoms with van der Waals surface area (Å²) in [6.45, 7) is 4.01. The summed E-state index contributed by atoms with van der Waals surface area (Å²) < 4.78 is 0. The van der Waals surface area contributed by atoms with Crippen LogP contribution in [0.25, 0.3) is 11.6 Å². The summed E-state index contributed by atoms with van der Waals surface area (Å²) in [4.78, 5) is 8.85. The topological polar surface area (TPSA) is 63.7 Å². The first-order valence-corrected chi connectivity index (χ1v) is 11.2. The van der Waals surface area contributed by atoms with Gasteiger partial charge in [0.25, 0.3) is 0 Å². The van der Waals surface area contributed by atoms with Crippen molar-refractivity contribution in [1.29, 1.82) is 0 Å². The molecule has 1 atom stereocenters. The largest absolute Gasteiger partial charge is 0.369 e. The van der Waals surface area contributed by atoms with E-state index in [2.05, 4.69) is 38.7 Å². The van der Waals surface area contributed by atoms with Gasteiger partial charge in [0.05, 0.1) is 5.69 Å². The van der Waals surface area contributed by atoms with Crippen molar-refractivity contribution in [2.24, 2.45) is 0 Å². The van der Waals surface area contributed by atoms with Crippen LogP contribution in [-0.2, 0) is 0 Å². The Morgan fingerprint density at radius 1 is 1.09 bits per heavy atom. The number of aromatic nitrogens is 1. The minimum atomic E-state index is -0.798. The molecule has 3 N–H and O–H groups in total. The normalized spacial score (nSPS) is 18.2. The summed E-state index contributed by atoms with van der Waals surface area (Å²) >= 11 is 6.38. The molecule has 0 radical (unpaired) electrons. The number of halogens is 1. The number of nitrogens with one attached hydrogen (secondary N) is 2. The van der Waals surface area contributed by atoms with E-state index in [0.29, 0.717) is 5.02 Å². The number of fused-ring (bicyclic) bond motifs is 1. The van der Waals surface area contributed by atoms with Crippen molar-refractivity contribution in [3.8, 4) is 0 Å². The zero-order valence-electron chi connectivity index (χ0n) is 17.9. The van der Waals surface area contributed by atoms with E-state index in [9.17, 15) is 5.11 Å². The van der Waals surface area contributed by atoms with E-state index in [0.717, 1.165) is 60.1 Å². The molecule has 32 heavy (non-hydrogen) atoms. The second-order valence-electron chi connectivity index (χ2n) is 8.10. The Bertz CT molecular complexity index is 1160. The molecule has 6 nitrogen and oxygen atoms in total. The Morgan fingerprint density at radius 2 is 1.91 bits per heavy atom. The van der Waals surface area contributed by atoms with Crippen LogP contribution >= 0.6 is 11.6 Å². The number of piperazine rings is 1. The summed E-state index contributed by atoms with van der Waals surface area (Å²) in [5.74, 6) is 0.731. The molecular formula is C25H26ClN5O. The summed E-state index contributed by atoms with van der Waals surface area (Å²) in [5, 5.41) is 18.4. The zero-order valence-corrected chi connectivity index (χ0v) is 18.7. The standard InChI is InChI=1S/C25H26ClN5O/c1-30-23-15-24(29-18-5-4-6-19(14-18)31-11-9-27-10-12-31)28-16-17(23)13-21(25(30)32)20-7-2-3-8-22(20)26/h2-8,13-16,25,27,32H,9-12H2,1H3,(H,28,29). The first-order chi connectivity index (χ1) is 15.6. The van der Waals surface area contributed by atoms with Crippen molar-refractivity contribution in [3.05, 3.63) is 76.9 Å². The molecule has 2 aliphatic rings. The van der Waals surface area contributed by atoms with Gasteiger partial charge in [-0.15, -0.1) is 0 Å². The van der Waals surface area contributed by atoms with Gasteiger partial charge in [0, 0.05) is 78.6 Å². The molecule has 1 fully saturated rings. The number of pyridine rings is 1. The Morgan fingerprint density at radius 3 is 2.72 bits per heavy atom. The van der Waals surface area contributed by atoms with E-state index < -0.39 is 6.23 Å². The van der Waals surface area contributed by atoms with Crippen LogP contribution in [-0.4, -0.2) is 49.5 Å². The van der Waals surface area contributed by atoms with Gasteiger partial charge < -0.3 is 25.5 Å². The number of aliphatic hydroxyl groups excluding tert-OH is 1. The van der Waals surface area contributed by atoms with E-state index in [1.165, 1.54) is 5.69 Å². The predicted octanol–water partition coefficient (Wildman–Crippen LogP) is 4.20. The molecule has 164 valence electrons. The molecule has 0 saturated carbocycles. The molecule has 3 heterocycles. The van der Waals surface area contributed by atoms with Crippen LogP contribution in [0.3, 0.4) is 0 Å². The van der Waals surface area contributed by atoms with Crippen LogP contribution in [0.2, 0.25) is 5.02 Å². The van der Waals surface area contributed by atoms with Crippen molar-refractivity contribution in [2.75, 3.05) is 48.3 Å². The number of anilines is 4. The van der Waals surface area contributed by atoms with Crippen LogP contribution in [0.5, 0.6) is 0 Å². The lowest BCUT2D eigenvalue weighted by atomic mass is 9.96. The van der Waals surface area contributed by atoms with Gasteiger partial charge in [-0.25, -0.2) is 4.98 Å². The minimum Gasteiger partial charge on any atom is -0.369 e. The maximum Gasteiger partial charge on any atom is 0.153 e. The average Bonchev–Trinajstić information content (AvgIpc) is 2.83. The second kappa shape index (κ2) is 8.82. The highest BCUT2D eigenvalue weighted by Crippen LogP contribution is 2.38. The van der Waals surface area contributed by atoms with Gasteiger partial charge in [0.2, 0.25) is 0 Å². The van der Waals surface area contributed by atoms with Crippen molar-refractivity contribution in [3.63, 3.8) is 0 Å². The molecule has 5 rings (SSSR count). The monoisotopic (exact) mass is 447 g/mol. The first kappa shape index (κ1) is 20.8. The van der Waals surface area contributed by atoms with Crippen LogP contribution in [0.4, 0.5) is 22.9 Å². The zero-order chi connectivity index (χ0) is 22.1. The van der Waals surface area contributed by atoms with Crippen molar-refractivity contribution >= 4 is 46.1 Å². The quantitative estimate of drug-likeness (QED) is 0.557. The highest BCUT2D eigenvalue weighted by molar-refractivity contribution is 6.32. The molecule has 2 aliphatic heterocycles. The third kappa shape index (κ3) is 4.05. The Kier molecular flexibility index (Phi) is 5.74. The lowest BCUT2D eigenvalue weighted by Crippen LogP contribution is -2.43. The van der Waals surface area contributed by atoms with Gasteiger partial charge in [-0.1, -0.05) is 35.9 Å². The summed E-state index contributed by atoms with van der Waals surface area (Å²) in [5.41, 5.74) is 5.62. The molecule has 3 aromatic rings. The highest BCUT2D eigenvalue weighted by Gasteiger charge is 2.26. The van der Waals surface area contributed by atoms with Crippen molar-refractivity contribution < 1.29 is 5.11 Å². The van der Waals surface area contributed by atoms with E-state index in [1.807, 2.05) is 60.6 Å². The average molecular weight is 448 g/mol. The highest BCUT2D eigenvalue weighted by atomic mass is 35.5. The fourth-order valence-corrected chi connectivity index (χ4v) is 4.53. The lowest BCUT2D eigenvalue weighted by molar-refractivity contribution is 0.232. The number of aliphatic hydroxyl groups is 1. The van der Waals surface area contributed by atoms with Crippen molar-refractivity contribution in [2.45, 2.75) is 6.23 Å². The fourth-order valence-electron chi connectivity index (χ4n) is 4.29. The molecule has 2 aromatic carbocycles. The molecular weight excluding hydrogens is 422 g/mol. The second-order valence-corrected chi connectivity index (χ2v) is 8.51. The van der Waals surface area contributed by atoms with Crippen LogP contribution in [0, 0.1) is 0 Å². The molecule has 0 aliphatic carbocycles. The maximum absolute atomic E-state index is 11.0. The van der Waals surface area contributed by atoms with Crippen LogP contribution in [0.1, 0.15) is 11.1 Å². The number of likely N-dealkylation sites (N-methyl/N-ethyl adjacent to an activating group) is 1. The van der Waals surface area contributed by atoms with E-state index in [4.69, 9.17) is 11.6 Å². The van der Waals surface area contributed by atoms with Gasteiger partial charge in [0.15, 0.2) is 6.23 Å². The smallest absolute Gasteiger partial charge is 0.153 e. The van der Waals surface area contributed by atoms with Gasteiger partial charge in [-0.3, -0.25) is 0 Å². The SMILES string of the molecule is CN1c2cc(Nc3cccc(N4CCNCC4)c3)ncc2C=C(c2ccccc2Cl)C1O. The summed E-state index contributed by atoms with van der Waals surface area (Å²) in [6, 6.07) is 17.9. The molecule has 0 bridgehead atoms. The number of hydrogen-bond acceptors (Lipinski definition) is 6. The maximum atomic E-state index is 11.0. The molecule has 0 spiro atoms. The Balaban J connectivity index is 1.42. The fraction of sp³-hybridized carbons (Fsp3) is 0.240. The van der Waals surface area contributed by atoms with Crippen LogP contribution < -0.4 is 20.4 Å². The molecule has 1 aromatic heterocycles.